The van der Waals surface area contributed by atoms with Gasteiger partial charge >= 0.3 is 0 Å². The largest absolute Gasteiger partial charge is 0.484 e. The molecule has 1 aliphatic carbocycles. The molecule has 0 saturated heterocycles. The van der Waals surface area contributed by atoms with Gasteiger partial charge in [-0.05, 0) is 31.6 Å². The average Bonchev–Trinajstić information content (AvgIpc) is 2.57. The summed E-state index contributed by atoms with van der Waals surface area (Å²) in [6.45, 7) is 6.88. The topological polar surface area (TPSA) is 66.0 Å². The van der Waals surface area contributed by atoms with Crippen LogP contribution in [0, 0.1) is 0 Å². The monoisotopic (exact) mass is 327 g/mol. The van der Waals surface area contributed by atoms with Crippen molar-refractivity contribution in [1.29, 1.82) is 0 Å². The predicted molar refractivity (Wildman–Crippen MR) is 88.1 cm³/mol. The zero-order chi connectivity index (χ0) is 17.0. The maximum Gasteiger partial charge on any atom is 0.258 e. The van der Waals surface area contributed by atoms with E-state index in [9.17, 15) is 4.79 Å². The number of rotatable bonds is 12. The van der Waals surface area contributed by atoms with Gasteiger partial charge in [-0.15, -0.1) is 0 Å². The van der Waals surface area contributed by atoms with E-state index in [-0.39, 0.29) is 18.1 Å². The number of ether oxygens (including phenoxy) is 4. The molecule has 1 atom stereocenters. The number of allylic oxidation sites excluding steroid dienone is 1. The van der Waals surface area contributed by atoms with Crippen LogP contribution in [0.25, 0.3) is 0 Å². The van der Waals surface area contributed by atoms with Crippen LogP contribution in [0.4, 0.5) is 0 Å². The van der Waals surface area contributed by atoms with E-state index in [1.54, 1.807) is 7.11 Å². The number of carbonyl (C=O) groups is 1. The zero-order valence-electron chi connectivity index (χ0n) is 14.4. The third kappa shape index (κ3) is 8.74. The zero-order valence-corrected chi connectivity index (χ0v) is 14.4. The molecule has 0 saturated carbocycles. The lowest BCUT2D eigenvalue weighted by molar-refractivity contribution is -0.124. The summed E-state index contributed by atoms with van der Waals surface area (Å²) in [5, 5.41) is 2.75. The fourth-order valence-corrected chi connectivity index (χ4v) is 1.88. The Bertz CT molecular complexity index is 408. The van der Waals surface area contributed by atoms with E-state index in [2.05, 4.69) is 12.2 Å². The van der Waals surface area contributed by atoms with Crippen LogP contribution in [0.5, 0.6) is 0 Å². The fraction of sp³-hybridized carbons (Fsp3) is 0.706. The minimum atomic E-state index is -0.284. The van der Waals surface area contributed by atoms with E-state index >= 15 is 0 Å². The molecule has 0 aromatic carbocycles. The molecule has 6 nitrogen and oxygen atoms in total. The summed E-state index contributed by atoms with van der Waals surface area (Å²) >= 11 is 0. The summed E-state index contributed by atoms with van der Waals surface area (Å²) in [4.78, 5) is 11.7. The smallest absolute Gasteiger partial charge is 0.258 e. The molecule has 23 heavy (non-hydrogen) atoms. The molecule has 1 rings (SSSR count). The lowest BCUT2D eigenvalue weighted by Crippen LogP contribution is -2.31. The molecule has 1 unspecified atom stereocenters. The molecule has 0 fully saturated rings. The van der Waals surface area contributed by atoms with Crippen molar-refractivity contribution in [3.63, 3.8) is 0 Å². The third-order valence-corrected chi connectivity index (χ3v) is 3.43. The predicted octanol–water partition coefficient (Wildman–Crippen LogP) is 1.81. The van der Waals surface area contributed by atoms with Crippen LogP contribution in [0.1, 0.15) is 26.7 Å². The fourth-order valence-electron chi connectivity index (χ4n) is 1.88. The van der Waals surface area contributed by atoms with E-state index in [4.69, 9.17) is 18.9 Å². The van der Waals surface area contributed by atoms with Crippen LogP contribution < -0.4 is 5.32 Å². The third-order valence-electron chi connectivity index (χ3n) is 3.43. The Morgan fingerprint density at radius 1 is 1.26 bits per heavy atom. The molecule has 1 aliphatic rings. The van der Waals surface area contributed by atoms with Crippen LogP contribution in [-0.2, 0) is 23.7 Å². The Morgan fingerprint density at radius 3 is 2.61 bits per heavy atom. The first-order valence-corrected chi connectivity index (χ1v) is 8.09. The molecule has 1 N–H and O–H groups in total. The lowest BCUT2D eigenvalue weighted by atomic mass is 9.97. The molecule has 0 radical (unpaired) electrons. The molecule has 0 heterocycles. The molecule has 0 aliphatic heterocycles. The second-order valence-corrected chi connectivity index (χ2v) is 5.52. The van der Waals surface area contributed by atoms with E-state index in [1.165, 1.54) is 0 Å². The molecule has 132 valence electrons. The van der Waals surface area contributed by atoms with Gasteiger partial charge in [0.2, 0.25) is 0 Å². The minimum absolute atomic E-state index is 0.000515. The van der Waals surface area contributed by atoms with Crippen molar-refractivity contribution in [3.8, 4) is 0 Å². The van der Waals surface area contributed by atoms with Crippen molar-refractivity contribution in [3.05, 3.63) is 24.0 Å². The quantitative estimate of drug-likeness (QED) is 0.554. The number of carbonyl (C=O) groups excluding carboxylic acids is 1. The molecule has 0 aromatic heterocycles. The van der Waals surface area contributed by atoms with Gasteiger partial charge in [0.05, 0.1) is 25.4 Å². The SMILES string of the molecule is CCCOCCOCCNC(=O)COC1=CCC(C)(OC)C=C1. The second kappa shape index (κ2) is 11.2. The van der Waals surface area contributed by atoms with Gasteiger partial charge in [-0.3, -0.25) is 4.79 Å². The number of methoxy groups -OCH3 is 1. The molecule has 1 amide bonds. The van der Waals surface area contributed by atoms with E-state index in [1.807, 2.05) is 25.2 Å². The van der Waals surface area contributed by atoms with Crippen LogP contribution in [0.2, 0.25) is 0 Å². The first kappa shape index (κ1) is 19.7. The minimum Gasteiger partial charge on any atom is -0.484 e. The molecule has 6 heteroatoms. The van der Waals surface area contributed by atoms with Gasteiger partial charge in [0.1, 0.15) is 5.76 Å². The van der Waals surface area contributed by atoms with Gasteiger partial charge < -0.3 is 24.3 Å². The van der Waals surface area contributed by atoms with E-state index < -0.39 is 0 Å². The summed E-state index contributed by atoms with van der Waals surface area (Å²) < 4.78 is 21.4. The Labute approximate surface area is 138 Å². The van der Waals surface area contributed by atoms with Gasteiger partial charge in [-0.25, -0.2) is 0 Å². The van der Waals surface area contributed by atoms with Crippen molar-refractivity contribution in [1.82, 2.24) is 5.32 Å². The summed E-state index contributed by atoms with van der Waals surface area (Å²) in [6.07, 6.45) is 7.43. The Balaban J connectivity index is 2.02. The maximum absolute atomic E-state index is 11.7. The standard InChI is InChI=1S/C17H29NO5/c1-4-10-21-12-13-22-11-9-18-16(19)14-23-15-5-7-17(2,20-3)8-6-15/h5-7H,4,8-14H2,1-3H3,(H,18,19). The molecule has 0 aromatic rings. The second-order valence-electron chi connectivity index (χ2n) is 5.52. The Morgan fingerprint density at radius 2 is 2.00 bits per heavy atom. The highest BCUT2D eigenvalue weighted by atomic mass is 16.5. The van der Waals surface area contributed by atoms with Crippen molar-refractivity contribution < 1.29 is 23.7 Å². The summed E-state index contributed by atoms with van der Waals surface area (Å²) in [7, 11) is 1.68. The van der Waals surface area contributed by atoms with Crippen LogP contribution in [-0.4, -0.2) is 58.2 Å². The van der Waals surface area contributed by atoms with Crippen molar-refractivity contribution >= 4 is 5.91 Å². The van der Waals surface area contributed by atoms with E-state index in [0.717, 1.165) is 19.4 Å². The van der Waals surface area contributed by atoms with Crippen molar-refractivity contribution in [2.45, 2.75) is 32.3 Å². The number of hydrogen-bond acceptors (Lipinski definition) is 5. The van der Waals surface area contributed by atoms with Crippen LogP contribution in [0.15, 0.2) is 24.0 Å². The van der Waals surface area contributed by atoms with E-state index in [0.29, 0.717) is 32.1 Å². The van der Waals surface area contributed by atoms with Crippen LogP contribution in [0.3, 0.4) is 0 Å². The highest BCUT2D eigenvalue weighted by Gasteiger charge is 2.22. The van der Waals surface area contributed by atoms with Crippen LogP contribution >= 0.6 is 0 Å². The lowest BCUT2D eigenvalue weighted by Gasteiger charge is -2.26. The maximum atomic E-state index is 11.7. The van der Waals surface area contributed by atoms with Gasteiger partial charge in [0, 0.05) is 26.7 Å². The first-order valence-electron chi connectivity index (χ1n) is 8.09. The molecule has 0 spiro atoms. The Hall–Kier alpha value is -1.37. The molecule has 0 bridgehead atoms. The normalized spacial score (nSPS) is 20.2. The van der Waals surface area contributed by atoms with Gasteiger partial charge in [0.25, 0.3) is 5.91 Å². The van der Waals surface area contributed by atoms with Gasteiger partial charge in [0.15, 0.2) is 6.61 Å². The average molecular weight is 327 g/mol. The number of nitrogens with one attached hydrogen (secondary N) is 1. The van der Waals surface area contributed by atoms with Crippen molar-refractivity contribution in [2.24, 2.45) is 0 Å². The highest BCUT2D eigenvalue weighted by Crippen LogP contribution is 2.23. The number of amides is 1. The molecular formula is C17H29NO5. The highest BCUT2D eigenvalue weighted by molar-refractivity contribution is 5.77. The first-order chi connectivity index (χ1) is 11.1. The summed E-state index contributed by atoms with van der Waals surface area (Å²) in [5.74, 6) is 0.532. The molecular weight excluding hydrogens is 298 g/mol. The summed E-state index contributed by atoms with van der Waals surface area (Å²) in [6, 6.07) is 0. The Kier molecular flexibility index (Phi) is 9.59. The van der Waals surface area contributed by atoms with Gasteiger partial charge in [-0.1, -0.05) is 6.92 Å². The van der Waals surface area contributed by atoms with Crippen molar-refractivity contribution in [2.75, 3.05) is 46.7 Å². The summed E-state index contributed by atoms with van der Waals surface area (Å²) in [5.41, 5.74) is -0.284. The number of hydrogen-bond donors (Lipinski definition) is 1. The van der Waals surface area contributed by atoms with Gasteiger partial charge in [-0.2, -0.15) is 0 Å².